The number of amides is 1. The molecule has 0 aliphatic heterocycles. The fraction of sp³-hybridized carbons (Fsp3) is 0.731. The average Bonchev–Trinajstić information content (AvgIpc) is 3.39. The fourth-order valence-corrected chi connectivity index (χ4v) is 9.36. The highest BCUT2D eigenvalue weighted by Crippen LogP contribution is 2.38. The van der Waals surface area contributed by atoms with Gasteiger partial charge in [0.05, 0.1) is 33.8 Å². The van der Waals surface area contributed by atoms with Crippen molar-refractivity contribution in [2.45, 2.75) is 277 Å². The molecule has 444 valence electrons. The van der Waals surface area contributed by atoms with E-state index in [9.17, 15) is 19.0 Å². The molecule has 0 radical (unpaired) electrons. The summed E-state index contributed by atoms with van der Waals surface area (Å²) in [7, 11) is 1.16. The average molecular weight is 1100 g/mol. The van der Waals surface area contributed by atoms with Crippen molar-refractivity contribution in [2.75, 3.05) is 40.9 Å². The molecule has 0 rings (SSSR count). The number of quaternary nitrogens is 1. The van der Waals surface area contributed by atoms with Crippen LogP contribution in [0.1, 0.15) is 265 Å². The number of allylic oxidation sites excluding steroid dienone is 15. The summed E-state index contributed by atoms with van der Waals surface area (Å²) in [6.45, 7) is 6.69. The van der Waals surface area contributed by atoms with Gasteiger partial charge in [0.1, 0.15) is 19.3 Å². The van der Waals surface area contributed by atoms with Crippen LogP contribution >= 0.6 is 7.82 Å². The summed E-state index contributed by atoms with van der Waals surface area (Å²) < 4.78 is 30.3. The first-order chi connectivity index (χ1) is 37.4. The van der Waals surface area contributed by atoms with Crippen LogP contribution in [0.2, 0.25) is 0 Å². The lowest BCUT2D eigenvalue weighted by Crippen LogP contribution is -2.47. The predicted octanol–water partition coefficient (Wildman–Crippen LogP) is 18.9. The van der Waals surface area contributed by atoms with Crippen LogP contribution in [-0.2, 0) is 27.9 Å². The summed E-state index contributed by atoms with van der Waals surface area (Å²) in [6, 6.07) is -0.906. The Bertz CT molecular complexity index is 1640. The molecule has 0 aliphatic rings. The smallest absolute Gasteiger partial charge is 0.306 e. The lowest BCUT2D eigenvalue weighted by Gasteiger charge is -2.30. The second-order valence-electron chi connectivity index (χ2n) is 22.2. The molecule has 0 saturated heterocycles. The molecule has 0 saturated carbocycles. The normalized spacial score (nSPS) is 14.3. The zero-order valence-electron chi connectivity index (χ0n) is 50.6. The Labute approximate surface area is 475 Å². The van der Waals surface area contributed by atoms with E-state index in [1.807, 2.05) is 33.3 Å². The number of nitrogens with zero attached hydrogens (tertiary/aromatic N) is 1. The van der Waals surface area contributed by atoms with Gasteiger partial charge in [0.2, 0.25) is 5.91 Å². The molecule has 0 aromatic carbocycles. The zero-order valence-corrected chi connectivity index (χ0v) is 51.5. The van der Waals surface area contributed by atoms with Gasteiger partial charge in [-0.25, -0.2) is 0 Å². The minimum absolute atomic E-state index is 0.0316. The van der Waals surface area contributed by atoms with Crippen LogP contribution in [0.25, 0.3) is 0 Å². The SMILES string of the molecule is CC/C=C\C/C=C\C/C=C\C/C=C\C/C=C\CCCCCCCC(=O)OC(/C=C/CCCCCCCCCCCCC)C(COP(=O)([O-])OCC[N+](C)(C)C)NC(=O)CCCCCCCCC/C=C\C/C=C\CCCCC. The van der Waals surface area contributed by atoms with Crippen LogP contribution in [0.15, 0.2) is 97.2 Å². The Balaban J connectivity index is 5.33. The van der Waals surface area contributed by atoms with Crippen molar-refractivity contribution in [3.05, 3.63) is 97.2 Å². The van der Waals surface area contributed by atoms with E-state index < -0.39 is 26.6 Å². The highest BCUT2D eigenvalue weighted by Gasteiger charge is 2.27. The minimum Gasteiger partial charge on any atom is -0.756 e. The summed E-state index contributed by atoms with van der Waals surface area (Å²) in [5.74, 6) is -0.574. The Morgan fingerprint density at radius 1 is 0.468 bits per heavy atom. The van der Waals surface area contributed by atoms with Gasteiger partial charge in [0, 0.05) is 12.8 Å². The predicted molar refractivity (Wildman–Crippen MR) is 330 cm³/mol. The van der Waals surface area contributed by atoms with Gasteiger partial charge in [-0.05, 0) is 109 Å². The van der Waals surface area contributed by atoms with E-state index in [1.165, 1.54) is 103 Å². The summed E-state index contributed by atoms with van der Waals surface area (Å²) in [4.78, 5) is 40.0. The van der Waals surface area contributed by atoms with Gasteiger partial charge in [0.15, 0.2) is 0 Å². The lowest BCUT2D eigenvalue weighted by atomic mass is 10.0. The van der Waals surface area contributed by atoms with Gasteiger partial charge < -0.3 is 28.5 Å². The van der Waals surface area contributed by atoms with Crippen molar-refractivity contribution in [2.24, 2.45) is 0 Å². The number of carbonyl (C=O) groups is 2. The number of carbonyl (C=O) groups excluding carboxylic acids is 2. The molecule has 77 heavy (non-hydrogen) atoms. The van der Waals surface area contributed by atoms with Crippen molar-refractivity contribution in [1.82, 2.24) is 5.32 Å². The van der Waals surface area contributed by atoms with Gasteiger partial charge in [-0.15, -0.1) is 0 Å². The van der Waals surface area contributed by atoms with E-state index in [1.54, 1.807) is 0 Å². The van der Waals surface area contributed by atoms with Gasteiger partial charge in [-0.2, -0.15) is 0 Å². The monoisotopic (exact) mass is 1090 g/mol. The maximum Gasteiger partial charge on any atom is 0.306 e. The van der Waals surface area contributed by atoms with Crippen molar-refractivity contribution in [3.8, 4) is 0 Å². The van der Waals surface area contributed by atoms with Crippen LogP contribution in [0, 0.1) is 0 Å². The Kier molecular flexibility index (Phi) is 54.0. The van der Waals surface area contributed by atoms with Crippen LogP contribution in [0.5, 0.6) is 0 Å². The van der Waals surface area contributed by atoms with E-state index in [2.05, 4.69) is 111 Å². The number of phosphoric ester groups is 1. The van der Waals surface area contributed by atoms with Crippen LogP contribution in [0.4, 0.5) is 0 Å². The standard InChI is InChI=1S/C67H119N2O7P/c1-7-10-13-16-19-22-25-28-30-32-33-34-35-37-39-42-45-48-51-54-57-60-67(71)76-65(58-55-52-49-46-43-40-27-24-21-18-15-12-9-3)64(63-75-77(72,73)74-62-61-69(4,5)6)68-66(70)59-56-53-50-47-44-41-38-36-31-29-26-23-20-17-14-11-8-2/h10,13,19-20,22-23,28-31,33-34,37,39,55,58,64-65H,7-9,11-12,14-18,21,24-27,32,35-36,38,40-54,56-57,59-63H2,1-6H3,(H-,68,70,72,73)/b13-10-,22-19-,23-20-,30-28-,31-29-,34-33-,39-37-,58-55+. The topological polar surface area (TPSA) is 114 Å². The van der Waals surface area contributed by atoms with Crippen molar-refractivity contribution < 1.29 is 37.3 Å². The van der Waals surface area contributed by atoms with Crippen molar-refractivity contribution in [3.63, 3.8) is 0 Å². The molecule has 0 spiro atoms. The largest absolute Gasteiger partial charge is 0.756 e. The third-order valence-corrected chi connectivity index (χ3v) is 14.5. The number of rotatable bonds is 56. The molecule has 3 atom stereocenters. The molecule has 0 fully saturated rings. The Hall–Kier alpha value is -3.07. The van der Waals surface area contributed by atoms with Crippen LogP contribution < -0.4 is 10.2 Å². The first kappa shape index (κ1) is 73.9. The highest BCUT2D eigenvalue weighted by atomic mass is 31.2. The molecular formula is C67H119N2O7P. The molecule has 0 aromatic heterocycles. The second-order valence-corrected chi connectivity index (χ2v) is 23.6. The maximum absolute atomic E-state index is 13.5. The molecule has 0 heterocycles. The minimum atomic E-state index is -4.71. The molecule has 0 aliphatic carbocycles. The van der Waals surface area contributed by atoms with E-state index in [0.717, 1.165) is 122 Å². The van der Waals surface area contributed by atoms with Gasteiger partial charge in [0.25, 0.3) is 7.82 Å². The molecule has 3 unspecified atom stereocenters. The van der Waals surface area contributed by atoms with Gasteiger partial charge in [-0.1, -0.05) is 240 Å². The summed E-state index contributed by atoms with van der Waals surface area (Å²) in [6.07, 6.45) is 75.1. The third-order valence-electron chi connectivity index (χ3n) is 13.5. The first-order valence-corrected chi connectivity index (χ1v) is 33.0. The van der Waals surface area contributed by atoms with Crippen molar-refractivity contribution in [1.29, 1.82) is 0 Å². The number of phosphoric acid groups is 1. The molecule has 0 aromatic rings. The third kappa shape index (κ3) is 57.4. The number of hydrogen-bond donors (Lipinski definition) is 1. The van der Waals surface area contributed by atoms with Crippen molar-refractivity contribution >= 4 is 19.7 Å². The lowest BCUT2D eigenvalue weighted by molar-refractivity contribution is -0.870. The number of esters is 1. The van der Waals surface area contributed by atoms with E-state index >= 15 is 0 Å². The zero-order chi connectivity index (χ0) is 56.4. The highest BCUT2D eigenvalue weighted by molar-refractivity contribution is 7.45. The molecule has 1 amide bonds. The number of unbranched alkanes of at least 4 members (excludes halogenated alkanes) is 26. The molecular weight excluding hydrogens is 976 g/mol. The van der Waals surface area contributed by atoms with E-state index in [0.29, 0.717) is 23.9 Å². The fourth-order valence-electron chi connectivity index (χ4n) is 8.64. The summed E-state index contributed by atoms with van der Waals surface area (Å²) in [5, 5.41) is 3.02. The Morgan fingerprint density at radius 3 is 1.27 bits per heavy atom. The number of nitrogens with one attached hydrogen (secondary N) is 1. The molecule has 1 N–H and O–H groups in total. The number of ether oxygens (including phenoxy) is 1. The molecule has 0 bridgehead atoms. The van der Waals surface area contributed by atoms with Crippen LogP contribution in [-0.4, -0.2) is 69.4 Å². The molecule has 9 nitrogen and oxygen atoms in total. The maximum atomic E-state index is 13.5. The summed E-state index contributed by atoms with van der Waals surface area (Å²) >= 11 is 0. The number of hydrogen-bond acceptors (Lipinski definition) is 7. The van der Waals surface area contributed by atoms with Gasteiger partial charge >= 0.3 is 5.97 Å². The van der Waals surface area contributed by atoms with Gasteiger partial charge in [-0.3, -0.25) is 14.2 Å². The number of likely N-dealkylation sites (N-methyl/N-ethyl adjacent to an activating group) is 1. The quantitative estimate of drug-likeness (QED) is 0.0212. The summed E-state index contributed by atoms with van der Waals surface area (Å²) in [5.41, 5.74) is 0. The first-order valence-electron chi connectivity index (χ1n) is 31.5. The Morgan fingerprint density at radius 2 is 0.831 bits per heavy atom. The second kappa shape index (κ2) is 56.2. The van der Waals surface area contributed by atoms with Crippen LogP contribution in [0.3, 0.4) is 0 Å². The van der Waals surface area contributed by atoms with E-state index in [-0.39, 0.29) is 24.9 Å². The van der Waals surface area contributed by atoms with E-state index in [4.69, 9.17) is 13.8 Å². The molecule has 10 heteroatoms.